The number of benzene rings is 2. The zero-order chi connectivity index (χ0) is 15.9. The number of carbonyl (C=O) groups is 2. The average Bonchev–Trinajstić information content (AvgIpc) is 2.49. The molecule has 0 unspecified atom stereocenters. The maximum absolute atomic E-state index is 11.6. The van der Waals surface area contributed by atoms with Crippen molar-refractivity contribution >= 4 is 17.6 Å². The minimum absolute atomic E-state index is 0.489. The fourth-order valence-corrected chi connectivity index (χ4v) is 1.79. The van der Waals surface area contributed by atoms with Crippen LogP contribution in [0, 0.1) is 0 Å². The van der Waals surface area contributed by atoms with Gasteiger partial charge in [-0.1, -0.05) is 18.2 Å². The molecule has 2 aromatic carbocycles. The molecule has 6 heteroatoms. The molecule has 4 N–H and O–H groups in total. The predicted octanol–water partition coefficient (Wildman–Crippen LogP) is 2.47. The van der Waals surface area contributed by atoms with Gasteiger partial charge in [0.15, 0.2) is 0 Å². The summed E-state index contributed by atoms with van der Waals surface area (Å²) in [5.74, 6) is 0.945. The highest BCUT2D eigenvalue weighted by Crippen LogP contribution is 2.22. The first kappa shape index (κ1) is 15.4. The van der Waals surface area contributed by atoms with E-state index >= 15 is 0 Å². The average molecular weight is 299 g/mol. The van der Waals surface area contributed by atoms with Crippen LogP contribution in [0.2, 0.25) is 0 Å². The van der Waals surface area contributed by atoms with Crippen LogP contribution in [0.4, 0.5) is 10.5 Å². The summed E-state index contributed by atoms with van der Waals surface area (Å²) in [7, 11) is 0. The minimum atomic E-state index is -0.870. The van der Waals surface area contributed by atoms with Crippen molar-refractivity contribution in [3.05, 3.63) is 54.6 Å². The van der Waals surface area contributed by atoms with Gasteiger partial charge in [-0.3, -0.25) is 10.1 Å². The van der Waals surface area contributed by atoms with Gasteiger partial charge in [-0.2, -0.15) is 0 Å². The first-order valence-electron chi connectivity index (χ1n) is 6.74. The van der Waals surface area contributed by atoms with Crippen LogP contribution >= 0.6 is 0 Å². The van der Waals surface area contributed by atoms with Gasteiger partial charge >= 0.3 is 6.03 Å². The number of hydrogen-bond donors (Lipinski definition) is 3. The lowest BCUT2D eigenvalue weighted by atomic mass is 10.2. The van der Waals surface area contributed by atoms with Crippen LogP contribution in [0.25, 0.3) is 0 Å². The Balaban J connectivity index is 1.94. The Bertz CT molecular complexity index is 641. The fourth-order valence-electron chi connectivity index (χ4n) is 1.79. The Morgan fingerprint density at radius 2 is 1.59 bits per heavy atom. The predicted molar refractivity (Wildman–Crippen MR) is 83.8 cm³/mol. The molecule has 114 valence electrons. The quantitative estimate of drug-likeness (QED) is 0.790. The number of rotatable bonds is 5. The maximum Gasteiger partial charge on any atom is 0.318 e. The molecule has 0 radical (unpaired) electrons. The monoisotopic (exact) mass is 299 g/mol. The molecule has 6 nitrogen and oxygen atoms in total. The highest BCUT2D eigenvalue weighted by molar-refractivity contribution is 5.97. The Labute approximate surface area is 128 Å². The van der Waals surface area contributed by atoms with Crippen LogP contribution in [-0.4, -0.2) is 18.0 Å². The van der Waals surface area contributed by atoms with E-state index in [1.165, 1.54) is 0 Å². The van der Waals surface area contributed by atoms with E-state index in [4.69, 9.17) is 10.5 Å². The summed E-state index contributed by atoms with van der Waals surface area (Å²) in [4.78, 5) is 22.2. The zero-order valence-electron chi connectivity index (χ0n) is 12.1. The Kier molecular flexibility index (Phi) is 4.98. The summed E-state index contributed by atoms with van der Waals surface area (Å²) in [6, 6.07) is 15.1. The number of nitrogens with one attached hydrogen (secondary N) is 2. The number of anilines is 1. The Morgan fingerprint density at radius 3 is 2.18 bits per heavy atom. The van der Waals surface area contributed by atoms with Gasteiger partial charge in [-0.15, -0.1) is 0 Å². The van der Waals surface area contributed by atoms with E-state index in [1.54, 1.807) is 31.2 Å². The van der Waals surface area contributed by atoms with Gasteiger partial charge in [-0.25, -0.2) is 4.79 Å². The van der Waals surface area contributed by atoms with Gasteiger partial charge in [0, 0.05) is 5.69 Å². The number of imide groups is 1. The molecule has 0 aromatic heterocycles. The molecule has 2 rings (SSSR count). The number of ether oxygens (including phenoxy) is 1. The van der Waals surface area contributed by atoms with Crippen molar-refractivity contribution in [2.45, 2.75) is 13.0 Å². The molecule has 0 heterocycles. The smallest absolute Gasteiger partial charge is 0.318 e. The van der Waals surface area contributed by atoms with E-state index in [1.807, 2.05) is 35.6 Å². The SMILES string of the molecule is C[C@H](Nc1ccc(Oc2ccccc2)cc1)C(=O)NC(N)=O. The number of carbonyl (C=O) groups excluding carboxylic acids is 2. The molecule has 0 saturated carbocycles. The molecule has 0 fully saturated rings. The summed E-state index contributed by atoms with van der Waals surface area (Å²) in [6.45, 7) is 1.63. The number of primary amides is 1. The van der Waals surface area contributed by atoms with E-state index in [9.17, 15) is 9.59 Å². The number of urea groups is 1. The number of amides is 3. The standard InChI is InChI=1S/C16H17N3O3/c1-11(15(20)19-16(17)21)18-12-7-9-14(10-8-12)22-13-5-3-2-4-6-13/h2-11,18H,1H3,(H3,17,19,20,21)/t11-/m0/s1. The van der Waals surface area contributed by atoms with E-state index < -0.39 is 18.0 Å². The van der Waals surface area contributed by atoms with Crippen LogP contribution in [0.15, 0.2) is 54.6 Å². The molecular formula is C16H17N3O3. The molecule has 1 atom stereocenters. The van der Waals surface area contributed by atoms with Gasteiger partial charge in [0.1, 0.15) is 17.5 Å². The van der Waals surface area contributed by atoms with Gasteiger partial charge in [-0.05, 0) is 43.3 Å². The van der Waals surface area contributed by atoms with Crippen molar-refractivity contribution < 1.29 is 14.3 Å². The summed E-state index contributed by atoms with van der Waals surface area (Å²) in [6.07, 6.45) is 0. The van der Waals surface area contributed by atoms with Crippen LogP contribution < -0.4 is 21.1 Å². The molecule has 3 amide bonds. The van der Waals surface area contributed by atoms with E-state index in [-0.39, 0.29) is 0 Å². The van der Waals surface area contributed by atoms with Crippen molar-refractivity contribution in [2.24, 2.45) is 5.73 Å². The Hall–Kier alpha value is -3.02. The summed E-state index contributed by atoms with van der Waals surface area (Å²) in [5.41, 5.74) is 5.63. The van der Waals surface area contributed by atoms with Crippen molar-refractivity contribution in [1.29, 1.82) is 0 Å². The topological polar surface area (TPSA) is 93.4 Å². The Morgan fingerprint density at radius 1 is 1.00 bits per heavy atom. The van der Waals surface area contributed by atoms with Gasteiger partial charge in [0.05, 0.1) is 0 Å². The third-order valence-electron chi connectivity index (χ3n) is 2.86. The normalized spacial score (nSPS) is 11.3. The molecule has 2 aromatic rings. The van der Waals surface area contributed by atoms with Gasteiger partial charge in [0.2, 0.25) is 5.91 Å². The summed E-state index contributed by atoms with van der Waals surface area (Å²) in [5, 5.41) is 4.98. The van der Waals surface area contributed by atoms with E-state index in [0.717, 1.165) is 11.4 Å². The largest absolute Gasteiger partial charge is 0.457 e. The molecular weight excluding hydrogens is 282 g/mol. The number of nitrogens with two attached hydrogens (primary N) is 1. The third kappa shape index (κ3) is 4.52. The zero-order valence-corrected chi connectivity index (χ0v) is 12.1. The van der Waals surface area contributed by atoms with E-state index in [0.29, 0.717) is 5.75 Å². The lowest BCUT2D eigenvalue weighted by Gasteiger charge is -2.14. The molecule has 0 aliphatic heterocycles. The first-order valence-corrected chi connectivity index (χ1v) is 6.74. The van der Waals surface area contributed by atoms with Crippen molar-refractivity contribution in [1.82, 2.24) is 5.32 Å². The van der Waals surface area contributed by atoms with Crippen LogP contribution in [-0.2, 0) is 4.79 Å². The van der Waals surface area contributed by atoms with Gasteiger partial charge in [0.25, 0.3) is 0 Å². The van der Waals surface area contributed by atoms with Gasteiger partial charge < -0.3 is 15.8 Å². The van der Waals surface area contributed by atoms with E-state index in [2.05, 4.69) is 5.32 Å². The molecule has 0 spiro atoms. The maximum atomic E-state index is 11.6. The summed E-state index contributed by atoms with van der Waals surface area (Å²) >= 11 is 0. The second-order valence-electron chi connectivity index (χ2n) is 4.66. The number of hydrogen-bond acceptors (Lipinski definition) is 4. The highest BCUT2D eigenvalue weighted by atomic mass is 16.5. The number of para-hydroxylation sites is 1. The van der Waals surface area contributed by atoms with Crippen molar-refractivity contribution in [2.75, 3.05) is 5.32 Å². The van der Waals surface area contributed by atoms with Crippen molar-refractivity contribution in [3.8, 4) is 11.5 Å². The highest BCUT2D eigenvalue weighted by Gasteiger charge is 2.13. The summed E-state index contributed by atoms with van der Waals surface area (Å²) < 4.78 is 5.67. The minimum Gasteiger partial charge on any atom is -0.457 e. The molecule has 0 aliphatic rings. The van der Waals surface area contributed by atoms with Crippen LogP contribution in [0.5, 0.6) is 11.5 Å². The third-order valence-corrected chi connectivity index (χ3v) is 2.86. The van der Waals surface area contributed by atoms with Crippen molar-refractivity contribution in [3.63, 3.8) is 0 Å². The molecule has 0 bridgehead atoms. The molecule has 0 saturated heterocycles. The second-order valence-corrected chi connectivity index (χ2v) is 4.66. The lowest BCUT2D eigenvalue weighted by molar-refractivity contribution is -0.120. The molecule has 22 heavy (non-hydrogen) atoms. The van der Waals surface area contributed by atoms with Crippen LogP contribution in [0.3, 0.4) is 0 Å². The van der Waals surface area contributed by atoms with Crippen LogP contribution in [0.1, 0.15) is 6.92 Å². The lowest BCUT2D eigenvalue weighted by Crippen LogP contribution is -2.43. The fraction of sp³-hybridized carbons (Fsp3) is 0.125. The first-order chi connectivity index (χ1) is 10.5. The second kappa shape index (κ2) is 7.12. The molecule has 0 aliphatic carbocycles.